The topological polar surface area (TPSA) is 55.4 Å². The molecule has 1 aromatic rings. The van der Waals surface area contributed by atoms with Gasteiger partial charge in [0, 0.05) is 6.04 Å². The molecule has 0 saturated carbocycles. The molecule has 0 aliphatic heterocycles. The summed E-state index contributed by atoms with van der Waals surface area (Å²) in [5.74, 6) is -0.317. The van der Waals surface area contributed by atoms with Crippen LogP contribution in [0.1, 0.15) is 76.9 Å². The van der Waals surface area contributed by atoms with Gasteiger partial charge in [-0.3, -0.25) is 0 Å². The van der Waals surface area contributed by atoms with Crippen LogP contribution in [0.5, 0.6) is 0 Å². The third-order valence-electron chi connectivity index (χ3n) is 3.71. The molecule has 2 atom stereocenters. The van der Waals surface area contributed by atoms with Gasteiger partial charge in [-0.15, -0.1) is 0 Å². The van der Waals surface area contributed by atoms with Crippen molar-refractivity contribution in [3.8, 4) is 0 Å². The molecule has 0 radical (unpaired) electrons. The number of ether oxygens (including phenoxy) is 1. The third kappa shape index (κ3) is 6.07. The summed E-state index contributed by atoms with van der Waals surface area (Å²) >= 11 is 0. The van der Waals surface area contributed by atoms with E-state index < -0.39 is 16.6 Å². The van der Waals surface area contributed by atoms with Gasteiger partial charge in [-0.25, -0.2) is 13.7 Å². The van der Waals surface area contributed by atoms with E-state index in [0.717, 1.165) is 12.0 Å². The SMILES string of the molecule is CCC(C)(C)OC(=O)c1ccc([C@@H](C)NS(=O)C(C)(C)C)cc1. The zero-order chi connectivity index (χ0) is 17.8. The molecule has 23 heavy (non-hydrogen) atoms. The molecule has 4 nitrogen and oxygen atoms in total. The zero-order valence-corrected chi connectivity index (χ0v) is 16.0. The van der Waals surface area contributed by atoms with E-state index >= 15 is 0 Å². The first-order valence-electron chi connectivity index (χ1n) is 7.97. The largest absolute Gasteiger partial charge is 0.456 e. The van der Waals surface area contributed by atoms with E-state index in [1.807, 2.05) is 60.6 Å². The Morgan fingerprint density at radius 2 is 1.70 bits per heavy atom. The second-order valence-corrected chi connectivity index (χ2v) is 9.34. The number of nitrogens with one attached hydrogen (secondary N) is 1. The van der Waals surface area contributed by atoms with Crippen molar-refractivity contribution in [1.82, 2.24) is 4.72 Å². The molecule has 0 spiro atoms. The van der Waals surface area contributed by atoms with E-state index in [4.69, 9.17) is 4.74 Å². The predicted molar refractivity (Wildman–Crippen MR) is 95.7 cm³/mol. The summed E-state index contributed by atoms with van der Waals surface area (Å²) in [7, 11) is -1.14. The fourth-order valence-electron chi connectivity index (χ4n) is 1.70. The van der Waals surface area contributed by atoms with Gasteiger partial charge in [0.15, 0.2) is 0 Å². The van der Waals surface area contributed by atoms with Crippen molar-refractivity contribution in [3.63, 3.8) is 0 Å². The molecule has 1 N–H and O–H groups in total. The van der Waals surface area contributed by atoms with Crippen LogP contribution in [0.2, 0.25) is 0 Å². The standard InChI is InChI=1S/C18H29NO3S/c1-8-18(6,7)22-16(20)15-11-9-14(10-12-15)13(2)19-23(21)17(3,4)5/h9-13,19H,8H2,1-7H3/t13-,23?/m1/s1. The summed E-state index contributed by atoms with van der Waals surface area (Å²) in [6.07, 6.45) is 0.760. The molecular formula is C18H29NO3S. The lowest BCUT2D eigenvalue weighted by Crippen LogP contribution is -2.34. The molecule has 1 unspecified atom stereocenters. The Labute approximate surface area is 142 Å². The summed E-state index contributed by atoms with van der Waals surface area (Å²) < 4.78 is 20.4. The van der Waals surface area contributed by atoms with Gasteiger partial charge < -0.3 is 4.74 Å². The first kappa shape index (κ1) is 19.8. The molecule has 0 aliphatic rings. The van der Waals surface area contributed by atoms with Gasteiger partial charge in [0.05, 0.1) is 21.3 Å². The van der Waals surface area contributed by atoms with Gasteiger partial charge in [0.25, 0.3) is 0 Å². The number of benzene rings is 1. The lowest BCUT2D eigenvalue weighted by Gasteiger charge is -2.24. The van der Waals surface area contributed by atoms with Crippen molar-refractivity contribution < 1.29 is 13.7 Å². The van der Waals surface area contributed by atoms with Crippen molar-refractivity contribution >= 4 is 17.0 Å². The number of esters is 1. The van der Waals surface area contributed by atoms with E-state index in [2.05, 4.69) is 4.72 Å². The first-order valence-corrected chi connectivity index (χ1v) is 9.12. The van der Waals surface area contributed by atoms with Crippen LogP contribution in [0.3, 0.4) is 0 Å². The number of carbonyl (C=O) groups excluding carboxylic acids is 1. The van der Waals surface area contributed by atoms with Crippen molar-refractivity contribution in [3.05, 3.63) is 35.4 Å². The average molecular weight is 340 g/mol. The van der Waals surface area contributed by atoms with Crippen LogP contribution >= 0.6 is 0 Å². The van der Waals surface area contributed by atoms with Crippen LogP contribution in [-0.4, -0.2) is 20.5 Å². The second-order valence-electron chi connectivity index (χ2n) is 7.35. The monoisotopic (exact) mass is 339 g/mol. The van der Waals surface area contributed by atoms with Crippen molar-refractivity contribution in [2.24, 2.45) is 0 Å². The normalized spacial score (nSPS) is 15.1. The quantitative estimate of drug-likeness (QED) is 0.792. The van der Waals surface area contributed by atoms with Gasteiger partial charge in [-0.2, -0.15) is 0 Å². The van der Waals surface area contributed by atoms with Crippen molar-refractivity contribution in [2.45, 2.75) is 71.3 Å². The molecule has 1 aromatic carbocycles. The Morgan fingerprint density at radius 1 is 1.17 bits per heavy atom. The first-order chi connectivity index (χ1) is 10.5. The molecule has 0 heterocycles. The Bertz CT molecular complexity index is 559. The molecular weight excluding hydrogens is 310 g/mol. The lowest BCUT2D eigenvalue weighted by molar-refractivity contribution is -0.00243. The molecule has 0 aliphatic carbocycles. The maximum Gasteiger partial charge on any atom is 0.338 e. The smallest absolute Gasteiger partial charge is 0.338 e. The highest BCUT2D eigenvalue weighted by molar-refractivity contribution is 7.84. The highest BCUT2D eigenvalue weighted by Crippen LogP contribution is 2.20. The summed E-state index contributed by atoms with van der Waals surface area (Å²) in [5.41, 5.74) is 1.04. The minimum absolute atomic E-state index is 0.0628. The summed E-state index contributed by atoms with van der Waals surface area (Å²) in [6, 6.07) is 7.18. The predicted octanol–water partition coefficient (Wildman–Crippen LogP) is 4.14. The van der Waals surface area contributed by atoms with E-state index in [1.165, 1.54) is 0 Å². The molecule has 0 aromatic heterocycles. The highest BCUT2D eigenvalue weighted by Gasteiger charge is 2.23. The fourth-order valence-corrected chi connectivity index (χ4v) is 2.51. The number of carbonyl (C=O) groups is 1. The van der Waals surface area contributed by atoms with Crippen molar-refractivity contribution in [2.75, 3.05) is 0 Å². The molecule has 0 fully saturated rings. The van der Waals surface area contributed by atoms with E-state index in [1.54, 1.807) is 12.1 Å². The Kier molecular flexibility index (Phi) is 6.54. The summed E-state index contributed by atoms with van der Waals surface area (Å²) in [4.78, 5) is 12.1. The second kappa shape index (κ2) is 7.58. The Balaban J connectivity index is 2.76. The highest BCUT2D eigenvalue weighted by atomic mass is 32.2. The summed E-state index contributed by atoms with van der Waals surface area (Å²) in [5, 5.41) is 0. The molecule has 0 bridgehead atoms. The van der Waals surface area contributed by atoms with Crippen LogP contribution in [0.4, 0.5) is 0 Å². The van der Waals surface area contributed by atoms with E-state index in [-0.39, 0.29) is 16.8 Å². The third-order valence-corrected chi connectivity index (χ3v) is 5.39. The van der Waals surface area contributed by atoms with E-state index in [0.29, 0.717) is 5.56 Å². The minimum atomic E-state index is -1.14. The van der Waals surface area contributed by atoms with Crippen LogP contribution in [0.15, 0.2) is 24.3 Å². The van der Waals surface area contributed by atoms with Crippen LogP contribution in [-0.2, 0) is 15.7 Å². The Morgan fingerprint density at radius 3 is 2.13 bits per heavy atom. The summed E-state index contributed by atoms with van der Waals surface area (Å²) in [6.45, 7) is 13.5. The molecule has 1 rings (SSSR count). The maximum absolute atomic E-state index is 12.1. The minimum Gasteiger partial charge on any atom is -0.456 e. The molecule has 5 heteroatoms. The van der Waals surface area contributed by atoms with Gasteiger partial charge in [0.2, 0.25) is 0 Å². The number of rotatable bonds is 6. The Hall–Kier alpha value is -1.20. The fraction of sp³-hybridized carbons (Fsp3) is 0.611. The van der Waals surface area contributed by atoms with Crippen LogP contribution < -0.4 is 4.72 Å². The van der Waals surface area contributed by atoms with Crippen molar-refractivity contribution in [1.29, 1.82) is 0 Å². The maximum atomic E-state index is 12.1. The van der Waals surface area contributed by atoms with E-state index in [9.17, 15) is 9.00 Å². The van der Waals surface area contributed by atoms with Gasteiger partial charge in [-0.05, 0) is 65.7 Å². The van der Waals surface area contributed by atoms with Crippen LogP contribution in [0.25, 0.3) is 0 Å². The number of hydrogen-bond donors (Lipinski definition) is 1. The van der Waals surface area contributed by atoms with Gasteiger partial charge >= 0.3 is 5.97 Å². The van der Waals surface area contributed by atoms with Crippen LogP contribution in [0, 0.1) is 0 Å². The number of hydrogen-bond acceptors (Lipinski definition) is 3. The zero-order valence-electron chi connectivity index (χ0n) is 15.2. The average Bonchev–Trinajstić information content (AvgIpc) is 2.45. The molecule has 0 amide bonds. The lowest BCUT2D eigenvalue weighted by atomic mass is 10.1. The van der Waals surface area contributed by atoms with Gasteiger partial charge in [0.1, 0.15) is 5.60 Å². The molecule has 130 valence electrons. The van der Waals surface area contributed by atoms with Gasteiger partial charge in [-0.1, -0.05) is 19.1 Å². The molecule has 0 saturated heterocycles.